The van der Waals surface area contributed by atoms with Crippen LogP contribution in [0.5, 0.6) is 11.5 Å². The molecule has 0 saturated carbocycles. The lowest BCUT2D eigenvalue weighted by molar-refractivity contribution is 0.0951. The summed E-state index contributed by atoms with van der Waals surface area (Å²) in [6.45, 7) is 3.50. The van der Waals surface area contributed by atoms with Crippen molar-refractivity contribution in [2.75, 3.05) is 39.6 Å². The molecule has 0 radical (unpaired) electrons. The van der Waals surface area contributed by atoms with Crippen LogP contribution in [0.25, 0.3) is 11.3 Å². The third-order valence-corrected chi connectivity index (χ3v) is 5.41. The first kappa shape index (κ1) is 25.0. The van der Waals surface area contributed by atoms with Crippen LogP contribution in [0.15, 0.2) is 54.9 Å². The van der Waals surface area contributed by atoms with Gasteiger partial charge in [0.05, 0.1) is 31.2 Å². The molecule has 3 rings (SSSR count). The third-order valence-electron chi connectivity index (χ3n) is 5.41. The lowest BCUT2D eigenvalue weighted by atomic mass is 10.00. The molecule has 0 aliphatic heterocycles. The molecule has 1 aromatic heterocycles. The second-order valence-electron chi connectivity index (χ2n) is 8.35. The first-order valence-corrected chi connectivity index (χ1v) is 11.4. The van der Waals surface area contributed by atoms with Gasteiger partial charge in [-0.25, -0.2) is 4.98 Å². The van der Waals surface area contributed by atoms with E-state index in [0.717, 1.165) is 30.5 Å². The van der Waals surface area contributed by atoms with Gasteiger partial charge in [0.25, 0.3) is 5.91 Å². The highest BCUT2D eigenvalue weighted by Gasteiger charge is 2.15. The Labute approximate surface area is 201 Å². The third kappa shape index (κ3) is 6.68. The number of benzene rings is 2. The van der Waals surface area contributed by atoms with E-state index >= 15 is 0 Å². The number of carbonyl (C=O) groups is 1. The number of nitrogens with zero attached hydrogens (tertiary/aromatic N) is 3. The van der Waals surface area contributed by atoms with Crippen molar-refractivity contribution in [2.45, 2.75) is 25.8 Å². The number of phenolic OH excluding ortho intramolecular Hbond substituents is 1. The quantitative estimate of drug-likeness (QED) is 0.394. The van der Waals surface area contributed by atoms with Crippen molar-refractivity contribution in [2.24, 2.45) is 0 Å². The Balaban J connectivity index is 1.79. The number of aromatic nitrogens is 2. The molecule has 1 unspecified atom stereocenters. The molecule has 8 heteroatoms. The number of anilines is 1. The summed E-state index contributed by atoms with van der Waals surface area (Å²) < 4.78 is 5.21. The van der Waals surface area contributed by atoms with Crippen LogP contribution < -0.4 is 15.4 Å². The van der Waals surface area contributed by atoms with Crippen molar-refractivity contribution in [3.05, 3.63) is 66.0 Å². The van der Waals surface area contributed by atoms with Gasteiger partial charge >= 0.3 is 0 Å². The van der Waals surface area contributed by atoms with Gasteiger partial charge in [-0.15, -0.1) is 0 Å². The lowest BCUT2D eigenvalue weighted by Crippen LogP contribution is -2.31. The van der Waals surface area contributed by atoms with Crippen LogP contribution in [0.2, 0.25) is 0 Å². The zero-order valence-corrected chi connectivity index (χ0v) is 20.2. The van der Waals surface area contributed by atoms with E-state index in [9.17, 15) is 9.90 Å². The van der Waals surface area contributed by atoms with Gasteiger partial charge in [0.15, 0.2) is 11.5 Å². The van der Waals surface area contributed by atoms with Crippen LogP contribution in [0.1, 0.15) is 41.7 Å². The molecule has 180 valence electrons. The van der Waals surface area contributed by atoms with E-state index in [4.69, 9.17) is 9.72 Å². The van der Waals surface area contributed by atoms with Crippen molar-refractivity contribution in [3.63, 3.8) is 0 Å². The predicted octanol–water partition coefficient (Wildman–Crippen LogP) is 4.10. The van der Waals surface area contributed by atoms with Crippen LogP contribution in [0, 0.1) is 0 Å². The number of phenols is 1. The Morgan fingerprint density at radius 1 is 1.18 bits per heavy atom. The minimum Gasteiger partial charge on any atom is -0.504 e. The fraction of sp³-hybridized carbons (Fsp3) is 0.346. The Kier molecular flexibility index (Phi) is 8.81. The highest BCUT2D eigenvalue weighted by Crippen LogP contribution is 2.31. The standard InChI is InChI=1S/C26H33N5O3/c1-5-7-21(18-8-6-9-20(14-18)26(33)28-12-13-31(2)3)29-25-17-27-16-22(30-25)19-10-11-23(32)24(15-19)34-4/h6,8-11,14-17,21,32H,5,7,12-13H2,1-4H3,(H,28,33)(H,29,30). The maximum Gasteiger partial charge on any atom is 0.251 e. The van der Waals surface area contributed by atoms with Crippen molar-refractivity contribution in [1.29, 1.82) is 0 Å². The van der Waals surface area contributed by atoms with Gasteiger partial charge in [0.1, 0.15) is 5.82 Å². The first-order chi connectivity index (χ1) is 16.4. The minimum atomic E-state index is -0.0815. The number of hydrogen-bond donors (Lipinski definition) is 3. The van der Waals surface area contributed by atoms with Crippen LogP contribution >= 0.6 is 0 Å². The van der Waals surface area contributed by atoms with Gasteiger partial charge in [-0.1, -0.05) is 25.5 Å². The molecule has 1 amide bonds. The topological polar surface area (TPSA) is 99.6 Å². The second-order valence-corrected chi connectivity index (χ2v) is 8.35. The minimum absolute atomic E-state index is 0.0292. The summed E-state index contributed by atoms with van der Waals surface area (Å²) in [7, 11) is 5.46. The largest absolute Gasteiger partial charge is 0.504 e. The molecular weight excluding hydrogens is 430 g/mol. The van der Waals surface area contributed by atoms with E-state index in [1.165, 1.54) is 7.11 Å². The summed E-state index contributed by atoms with van der Waals surface area (Å²) in [6, 6.07) is 12.7. The average molecular weight is 464 g/mol. The summed E-state index contributed by atoms with van der Waals surface area (Å²) >= 11 is 0. The van der Waals surface area contributed by atoms with Crippen molar-refractivity contribution >= 4 is 11.7 Å². The highest BCUT2D eigenvalue weighted by atomic mass is 16.5. The smallest absolute Gasteiger partial charge is 0.251 e. The van der Waals surface area contributed by atoms with Crippen LogP contribution in [0.3, 0.4) is 0 Å². The number of likely N-dealkylation sites (N-methyl/N-ethyl adjacent to an activating group) is 1. The summed E-state index contributed by atoms with van der Waals surface area (Å²) in [5, 5.41) is 16.3. The molecule has 0 saturated heterocycles. The van der Waals surface area contributed by atoms with E-state index in [0.29, 0.717) is 29.4 Å². The Hall–Kier alpha value is -3.65. The SMILES string of the molecule is CCCC(Nc1cncc(-c2ccc(O)c(OC)c2)n1)c1cccc(C(=O)NCCN(C)C)c1. The predicted molar refractivity (Wildman–Crippen MR) is 134 cm³/mol. The Morgan fingerprint density at radius 3 is 2.74 bits per heavy atom. The molecule has 34 heavy (non-hydrogen) atoms. The van der Waals surface area contributed by atoms with Gasteiger partial charge in [0.2, 0.25) is 0 Å². The number of ether oxygens (including phenoxy) is 1. The van der Waals surface area contributed by atoms with E-state index in [1.807, 2.05) is 43.3 Å². The lowest BCUT2D eigenvalue weighted by Gasteiger charge is -2.20. The monoisotopic (exact) mass is 463 g/mol. The molecule has 0 aliphatic carbocycles. The highest BCUT2D eigenvalue weighted by molar-refractivity contribution is 5.94. The van der Waals surface area contributed by atoms with Crippen molar-refractivity contribution < 1.29 is 14.6 Å². The van der Waals surface area contributed by atoms with Crippen LogP contribution in [-0.4, -0.2) is 60.2 Å². The zero-order chi connectivity index (χ0) is 24.5. The number of methoxy groups -OCH3 is 1. The molecule has 2 aromatic carbocycles. The molecule has 0 spiro atoms. The summed E-state index contributed by atoms with van der Waals surface area (Å²) in [4.78, 5) is 23.7. The summed E-state index contributed by atoms with van der Waals surface area (Å²) in [5.74, 6) is 0.996. The van der Waals surface area contributed by atoms with Gasteiger partial charge < -0.3 is 25.4 Å². The number of rotatable bonds is 11. The molecule has 8 nitrogen and oxygen atoms in total. The Morgan fingerprint density at radius 2 is 2.00 bits per heavy atom. The van der Waals surface area contributed by atoms with E-state index in [-0.39, 0.29) is 17.7 Å². The van der Waals surface area contributed by atoms with E-state index in [2.05, 4.69) is 22.5 Å². The van der Waals surface area contributed by atoms with Crippen molar-refractivity contribution in [1.82, 2.24) is 20.2 Å². The number of hydrogen-bond acceptors (Lipinski definition) is 7. The molecule has 0 bridgehead atoms. The second kappa shape index (κ2) is 12.0. The maximum absolute atomic E-state index is 12.6. The fourth-order valence-corrected chi connectivity index (χ4v) is 3.59. The molecule has 3 N–H and O–H groups in total. The average Bonchev–Trinajstić information content (AvgIpc) is 2.84. The van der Waals surface area contributed by atoms with Gasteiger partial charge in [-0.05, 0) is 56.4 Å². The van der Waals surface area contributed by atoms with Gasteiger partial charge in [-0.3, -0.25) is 9.78 Å². The number of carbonyl (C=O) groups excluding carboxylic acids is 1. The fourth-order valence-electron chi connectivity index (χ4n) is 3.59. The zero-order valence-electron chi connectivity index (χ0n) is 20.2. The van der Waals surface area contributed by atoms with Crippen LogP contribution in [0.4, 0.5) is 5.82 Å². The van der Waals surface area contributed by atoms with Crippen LogP contribution in [-0.2, 0) is 0 Å². The van der Waals surface area contributed by atoms with Gasteiger partial charge in [-0.2, -0.15) is 0 Å². The number of aromatic hydroxyl groups is 1. The van der Waals surface area contributed by atoms with E-state index < -0.39 is 0 Å². The molecular formula is C26H33N5O3. The normalized spacial score (nSPS) is 11.8. The van der Waals surface area contributed by atoms with Crippen molar-refractivity contribution in [3.8, 4) is 22.8 Å². The molecule has 0 fully saturated rings. The summed E-state index contributed by atoms with van der Waals surface area (Å²) in [6.07, 6.45) is 5.18. The van der Waals surface area contributed by atoms with E-state index in [1.54, 1.807) is 30.6 Å². The summed E-state index contributed by atoms with van der Waals surface area (Å²) in [5.41, 5.74) is 3.10. The molecule has 1 heterocycles. The Bertz CT molecular complexity index is 1100. The number of nitrogens with one attached hydrogen (secondary N) is 2. The first-order valence-electron chi connectivity index (χ1n) is 11.4. The molecule has 3 aromatic rings. The number of amides is 1. The molecule has 0 aliphatic rings. The maximum atomic E-state index is 12.6. The van der Waals surface area contributed by atoms with Gasteiger partial charge in [0, 0.05) is 24.2 Å². The molecule has 1 atom stereocenters.